The highest BCUT2D eigenvalue weighted by molar-refractivity contribution is 9.10. The summed E-state index contributed by atoms with van der Waals surface area (Å²) in [5.74, 6) is 0. The first-order chi connectivity index (χ1) is 6.80. The highest BCUT2D eigenvalue weighted by atomic mass is 79.9. The van der Waals surface area contributed by atoms with Crippen molar-refractivity contribution in [2.45, 2.75) is 37.3 Å². The second kappa shape index (κ2) is 3.07. The molecule has 0 radical (unpaired) electrons. The van der Waals surface area contributed by atoms with Gasteiger partial charge in [0.25, 0.3) is 0 Å². The highest BCUT2D eigenvalue weighted by Crippen LogP contribution is 2.47. The first kappa shape index (κ1) is 8.93. The van der Waals surface area contributed by atoms with Gasteiger partial charge in [0.2, 0.25) is 0 Å². The number of hydrogen-bond acceptors (Lipinski definition) is 1. The Morgan fingerprint density at radius 2 is 2.14 bits per heavy atom. The maximum Gasteiger partial charge on any atom is 0.0462 e. The van der Waals surface area contributed by atoms with E-state index in [2.05, 4.69) is 45.5 Å². The van der Waals surface area contributed by atoms with Gasteiger partial charge in [0.05, 0.1) is 0 Å². The van der Waals surface area contributed by atoms with Crippen LogP contribution in [0.3, 0.4) is 0 Å². The molecule has 0 aromatic heterocycles. The summed E-state index contributed by atoms with van der Waals surface area (Å²) in [6.45, 7) is 0. The molecular weight excluding hydrogens is 238 g/mol. The maximum atomic E-state index is 3.72. The minimum atomic E-state index is 0.309. The summed E-state index contributed by atoms with van der Waals surface area (Å²) in [7, 11) is 0. The summed E-state index contributed by atoms with van der Waals surface area (Å²) in [6.07, 6.45) is 5.37. The van der Waals surface area contributed by atoms with E-state index in [1.54, 1.807) is 0 Å². The molecule has 3 fully saturated rings. The van der Waals surface area contributed by atoms with E-state index in [1.165, 1.54) is 35.7 Å². The zero-order valence-electron chi connectivity index (χ0n) is 8.09. The van der Waals surface area contributed by atoms with Crippen molar-refractivity contribution in [1.82, 2.24) is 5.32 Å². The molecule has 1 N–H and O–H groups in total. The molecule has 2 bridgehead atoms. The van der Waals surface area contributed by atoms with Crippen LogP contribution in [0, 0.1) is 0 Å². The van der Waals surface area contributed by atoms with E-state index in [0.717, 1.165) is 6.04 Å². The molecule has 3 aliphatic rings. The maximum absolute atomic E-state index is 3.72. The van der Waals surface area contributed by atoms with Crippen LogP contribution in [0.25, 0.3) is 0 Å². The SMILES string of the molecule is Brc1ccccc1C12CCCC(C1)N2. The Balaban J connectivity index is 1.99. The van der Waals surface area contributed by atoms with Gasteiger partial charge < -0.3 is 5.32 Å². The van der Waals surface area contributed by atoms with E-state index >= 15 is 0 Å². The van der Waals surface area contributed by atoms with Crippen LogP contribution in [0.5, 0.6) is 0 Å². The Labute approximate surface area is 93.0 Å². The van der Waals surface area contributed by atoms with E-state index in [1.807, 2.05) is 0 Å². The minimum absolute atomic E-state index is 0.309. The fraction of sp³-hybridized carbons (Fsp3) is 0.500. The Hall–Kier alpha value is -0.340. The lowest BCUT2D eigenvalue weighted by Gasteiger charge is -2.54. The molecule has 1 aromatic carbocycles. The molecule has 14 heavy (non-hydrogen) atoms. The van der Waals surface area contributed by atoms with Gasteiger partial charge in [-0.15, -0.1) is 0 Å². The fourth-order valence-electron chi connectivity index (χ4n) is 2.96. The van der Waals surface area contributed by atoms with Crippen molar-refractivity contribution in [2.24, 2.45) is 0 Å². The van der Waals surface area contributed by atoms with E-state index < -0.39 is 0 Å². The van der Waals surface area contributed by atoms with Crippen LogP contribution in [-0.4, -0.2) is 6.04 Å². The molecule has 2 atom stereocenters. The van der Waals surface area contributed by atoms with E-state index in [-0.39, 0.29) is 0 Å². The summed E-state index contributed by atoms with van der Waals surface area (Å²) in [5.41, 5.74) is 1.76. The van der Waals surface area contributed by atoms with Gasteiger partial charge in [0.15, 0.2) is 0 Å². The van der Waals surface area contributed by atoms with Crippen molar-refractivity contribution in [1.29, 1.82) is 0 Å². The minimum Gasteiger partial charge on any atom is -0.304 e. The first-order valence-electron chi connectivity index (χ1n) is 5.33. The molecule has 2 aliphatic heterocycles. The Morgan fingerprint density at radius 3 is 2.79 bits per heavy atom. The molecule has 1 aliphatic carbocycles. The first-order valence-corrected chi connectivity index (χ1v) is 6.12. The lowest BCUT2D eigenvalue weighted by Crippen LogP contribution is -2.63. The van der Waals surface area contributed by atoms with Crippen molar-refractivity contribution in [3.05, 3.63) is 34.3 Å². The Bertz CT molecular complexity index is 350. The molecule has 2 heteroatoms. The number of benzene rings is 1. The van der Waals surface area contributed by atoms with Crippen LogP contribution < -0.4 is 5.32 Å². The average Bonchev–Trinajstić information content (AvgIpc) is 2.18. The largest absolute Gasteiger partial charge is 0.304 e. The molecule has 2 unspecified atom stereocenters. The lowest BCUT2D eigenvalue weighted by molar-refractivity contribution is 0.0682. The van der Waals surface area contributed by atoms with Crippen molar-refractivity contribution in [3.63, 3.8) is 0 Å². The number of fused-ring (bicyclic) bond motifs is 2. The van der Waals surface area contributed by atoms with Crippen molar-refractivity contribution >= 4 is 15.9 Å². The molecule has 1 aromatic rings. The van der Waals surface area contributed by atoms with Gasteiger partial charge in [-0.1, -0.05) is 34.1 Å². The number of piperidine rings is 1. The van der Waals surface area contributed by atoms with E-state index in [4.69, 9.17) is 0 Å². The topological polar surface area (TPSA) is 12.0 Å². The van der Waals surface area contributed by atoms with Gasteiger partial charge in [0, 0.05) is 16.1 Å². The summed E-state index contributed by atoms with van der Waals surface area (Å²) in [6, 6.07) is 9.41. The second-order valence-electron chi connectivity index (χ2n) is 4.50. The molecule has 1 saturated carbocycles. The molecule has 0 amide bonds. The van der Waals surface area contributed by atoms with E-state index in [9.17, 15) is 0 Å². The van der Waals surface area contributed by atoms with Crippen molar-refractivity contribution < 1.29 is 0 Å². The van der Waals surface area contributed by atoms with Crippen LogP contribution in [0.2, 0.25) is 0 Å². The van der Waals surface area contributed by atoms with Crippen molar-refractivity contribution in [2.75, 3.05) is 0 Å². The number of nitrogens with one attached hydrogen (secondary N) is 1. The van der Waals surface area contributed by atoms with Gasteiger partial charge in [-0.3, -0.25) is 0 Å². The highest BCUT2D eigenvalue weighted by Gasteiger charge is 2.48. The average molecular weight is 252 g/mol. The Kier molecular flexibility index (Phi) is 1.96. The molecule has 4 rings (SSSR count). The third-order valence-electron chi connectivity index (χ3n) is 3.62. The van der Waals surface area contributed by atoms with Crippen LogP contribution in [0.1, 0.15) is 31.2 Å². The molecule has 2 heterocycles. The summed E-state index contributed by atoms with van der Waals surface area (Å²) in [5, 5.41) is 3.72. The van der Waals surface area contributed by atoms with Crippen LogP contribution >= 0.6 is 15.9 Å². The van der Waals surface area contributed by atoms with Crippen LogP contribution in [0.4, 0.5) is 0 Å². The number of rotatable bonds is 1. The monoisotopic (exact) mass is 251 g/mol. The Morgan fingerprint density at radius 1 is 1.36 bits per heavy atom. The summed E-state index contributed by atoms with van der Waals surface area (Å²) in [4.78, 5) is 0. The molecular formula is C12H14BrN. The van der Waals surface area contributed by atoms with Gasteiger partial charge in [-0.2, -0.15) is 0 Å². The van der Waals surface area contributed by atoms with Gasteiger partial charge in [-0.25, -0.2) is 0 Å². The fourth-order valence-corrected chi connectivity index (χ4v) is 3.62. The number of halogens is 1. The van der Waals surface area contributed by atoms with Crippen LogP contribution in [-0.2, 0) is 5.54 Å². The summed E-state index contributed by atoms with van der Waals surface area (Å²) < 4.78 is 1.26. The molecule has 0 spiro atoms. The normalized spacial score (nSPS) is 35.1. The number of hydrogen-bond donors (Lipinski definition) is 1. The zero-order valence-corrected chi connectivity index (χ0v) is 9.68. The third kappa shape index (κ3) is 1.17. The quantitative estimate of drug-likeness (QED) is 0.809. The lowest BCUT2D eigenvalue weighted by atomic mass is 9.67. The zero-order chi connectivity index (χ0) is 9.60. The van der Waals surface area contributed by atoms with Gasteiger partial charge >= 0.3 is 0 Å². The van der Waals surface area contributed by atoms with Crippen molar-refractivity contribution in [3.8, 4) is 0 Å². The smallest absolute Gasteiger partial charge is 0.0462 e. The second-order valence-corrected chi connectivity index (χ2v) is 5.35. The molecule has 2 saturated heterocycles. The standard InChI is InChI=1S/C12H14BrN/c13-11-6-2-1-5-10(11)12-7-3-4-9(8-12)14-12/h1-2,5-6,9,14H,3-4,7-8H2. The van der Waals surface area contributed by atoms with Crippen LogP contribution in [0.15, 0.2) is 28.7 Å². The van der Waals surface area contributed by atoms with E-state index in [0.29, 0.717) is 5.54 Å². The molecule has 1 nitrogen and oxygen atoms in total. The van der Waals surface area contributed by atoms with Gasteiger partial charge in [0.1, 0.15) is 0 Å². The molecule has 74 valence electrons. The predicted molar refractivity (Wildman–Crippen MR) is 61.2 cm³/mol. The summed E-state index contributed by atoms with van der Waals surface area (Å²) >= 11 is 3.65. The third-order valence-corrected chi connectivity index (χ3v) is 4.31. The predicted octanol–water partition coefficient (Wildman–Crippen LogP) is 3.19. The van der Waals surface area contributed by atoms with Gasteiger partial charge in [-0.05, 0) is 37.3 Å².